The van der Waals surface area contributed by atoms with Crippen LogP contribution >= 0.6 is 57.1 Å². The van der Waals surface area contributed by atoms with E-state index in [0.29, 0.717) is 54.3 Å². The number of hydrogen-bond donors (Lipinski definition) is 0. The van der Waals surface area contributed by atoms with Crippen molar-refractivity contribution < 1.29 is 23.9 Å². The molecule has 0 bridgehead atoms. The second-order valence-electron chi connectivity index (χ2n) is 9.95. The molecule has 238 valence electrons. The molecule has 0 fully saturated rings. The van der Waals surface area contributed by atoms with Crippen molar-refractivity contribution in [1.29, 1.82) is 0 Å². The maximum atomic E-state index is 14.0. The van der Waals surface area contributed by atoms with E-state index in [4.69, 9.17) is 37.4 Å². The Morgan fingerprint density at radius 1 is 1.11 bits per heavy atom. The van der Waals surface area contributed by atoms with Gasteiger partial charge in [0.05, 0.1) is 53.6 Å². The average Bonchev–Trinajstić information content (AvgIpc) is 3.31. The van der Waals surface area contributed by atoms with E-state index in [-0.39, 0.29) is 24.5 Å². The largest absolute Gasteiger partial charge is 0.490 e. The van der Waals surface area contributed by atoms with Crippen LogP contribution in [0.25, 0.3) is 6.08 Å². The normalized spacial score (nSPS) is 14.5. The number of nitro benzene ring substituents is 1. The van der Waals surface area contributed by atoms with Gasteiger partial charge in [-0.25, -0.2) is 9.79 Å². The van der Waals surface area contributed by atoms with Gasteiger partial charge in [0, 0.05) is 12.1 Å². The number of benzene rings is 3. The highest BCUT2D eigenvalue weighted by Crippen LogP contribution is 2.36. The number of carbonyl (C=O) groups is 1. The molecular weight excluding hydrogens is 768 g/mol. The topological polar surface area (TPSA) is 122 Å². The lowest BCUT2D eigenvalue weighted by molar-refractivity contribution is -0.384. The molecule has 0 N–H and O–H groups in total. The quantitative estimate of drug-likeness (QED) is 0.0769. The highest BCUT2D eigenvalue weighted by Gasteiger charge is 2.34. The lowest BCUT2D eigenvalue weighted by Crippen LogP contribution is -2.40. The molecule has 3 aromatic carbocycles. The number of fused-ring (bicyclic) bond motifs is 1. The lowest BCUT2D eigenvalue weighted by Gasteiger charge is -2.24. The van der Waals surface area contributed by atoms with Gasteiger partial charge >= 0.3 is 5.97 Å². The third kappa shape index (κ3) is 6.99. The molecule has 0 saturated carbocycles. The standard InChI is InChI=1S/C32H26Cl2IN3O7S/c1-4-43-25-13-19(12-24(35)29(25)45-16-18-9-10-22(33)23(34)11-18)14-26-30(39)37-28(20-7-6-8-21(15-20)38(41)42)27(31(40)44-5-2)17(3)36-32(37)46-26/h6-15,28H,4-5,16H2,1-3H3/b26-14+/t28-/m0/s1. The first kappa shape index (κ1) is 33.6. The zero-order valence-electron chi connectivity index (χ0n) is 24.7. The Kier molecular flexibility index (Phi) is 10.5. The number of esters is 1. The van der Waals surface area contributed by atoms with Crippen molar-refractivity contribution in [2.24, 2.45) is 4.99 Å². The fraction of sp³-hybridized carbons (Fsp3) is 0.219. The summed E-state index contributed by atoms with van der Waals surface area (Å²) in [7, 11) is 0. The van der Waals surface area contributed by atoms with Crippen molar-refractivity contribution in [3.05, 3.63) is 126 Å². The predicted molar refractivity (Wildman–Crippen MR) is 185 cm³/mol. The molecule has 0 unspecified atom stereocenters. The Morgan fingerprint density at radius 3 is 2.59 bits per heavy atom. The van der Waals surface area contributed by atoms with Gasteiger partial charge in [0.25, 0.3) is 11.2 Å². The van der Waals surface area contributed by atoms with Gasteiger partial charge in [-0.1, -0.05) is 52.7 Å². The van der Waals surface area contributed by atoms with E-state index in [0.717, 1.165) is 20.5 Å². The fourth-order valence-corrected chi connectivity index (χ4v) is 7.07. The highest BCUT2D eigenvalue weighted by atomic mass is 127. The second-order valence-corrected chi connectivity index (χ2v) is 12.9. The summed E-state index contributed by atoms with van der Waals surface area (Å²) < 4.78 is 19.8. The minimum absolute atomic E-state index is 0.107. The number of carbonyl (C=O) groups excluding carboxylic acids is 1. The van der Waals surface area contributed by atoms with Gasteiger partial charge in [0.15, 0.2) is 16.3 Å². The van der Waals surface area contributed by atoms with Crippen molar-refractivity contribution in [3.8, 4) is 11.5 Å². The molecule has 10 nitrogen and oxygen atoms in total. The molecule has 0 aliphatic carbocycles. The van der Waals surface area contributed by atoms with Crippen LogP contribution in [0.5, 0.6) is 11.5 Å². The van der Waals surface area contributed by atoms with Crippen LogP contribution in [-0.4, -0.2) is 28.7 Å². The van der Waals surface area contributed by atoms with Crippen LogP contribution in [0, 0.1) is 13.7 Å². The summed E-state index contributed by atoms with van der Waals surface area (Å²) in [5.41, 5.74) is 1.80. The number of nitrogens with zero attached hydrogens (tertiary/aromatic N) is 3. The van der Waals surface area contributed by atoms with E-state index in [9.17, 15) is 19.7 Å². The van der Waals surface area contributed by atoms with Gasteiger partial charge < -0.3 is 14.2 Å². The third-order valence-corrected chi connectivity index (χ3v) is 9.43. The Labute approximate surface area is 290 Å². The van der Waals surface area contributed by atoms with E-state index >= 15 is 0 Å². The lowest BCUT2D eigenvalue weighted by atomic mass is 9.95. The first-order chi connectivity index (χ1) is 22.0. The van der Waals surface area contributed by atoms with Gasteiger partial charge in [-0.3, -0.25) is 19.5 Å². The molecule has 1 aliphatic rings. The summed E-state index contributed by atoms with van der Waals surface area (Å²) in [5.74, 6) is 0.373. The minimum atomic E-state index is -0.978. The molecule has 5 rings (SSSR count). The number of hydrogen-bond acceptors (Lipinski definition) is 9. The van der Waals surface area contributed by atoms with E-state index in [2.05, 4.69) is 27.6 Å². The zero-order valence-corrected chi connectivity index (χ0v) is 29.2. The number of halogens is 3. The first-order valence-corrected chi connectivity index (χ1v) is 16.6. The fourth-order valence-electron chi connectivity index (χ4n) is 4.93. The third-order valence-electron chi connectivity index (χ3n) is 6.91. The summed E-state index contributed by atoms with van der Waals surface area (Å²) in [5, 5.41) is 12.5. The van der Waals surface area contributed by atoms with E-state index in [1.165, 1.54) is 22.8 Å². The maximum Gasteiger partial charge on any atom is 0.338 e. The molecule has 2 heterocycles. The molecule has 0 saturated heterocycles. The first-order valence-electron chi connectivity index (χ1n) is 14.0. The number of aromatic nitrogens is 1. The van der Waals surface area contributed by atoms with Gasteiger partial charge in [-0.15, -0.1) is 0 Å². The molecule has 14 heteroatoms. The van der Waals surface area contributed by atoms with Gasteiger partial charge in [0.2, 0.25) is 0 Å². The van der Waals surface area contributed by atoms with E-state index in [1.807, 2.05) is 19.1 Å². The second kappa shape index (κ2) is 14.4. The van der Waals surface area contributed by atoms with Crippen molar-refractivity contribution in [2.45, 2.75) is 33.4 Å². The number of thiazole rings is 1. The van der Waals surface area contributed by atoms with Crippen LogP contribution in [0.15, 0.2) is 75.7 Å². The SMILES string of the molecule is CCOC(=O)C1=C(C)N=c2s/c(=C/c3cc(I)c(OCc4ccc(Cl)c(Cl)c4)c(OCC)c3)c(=O)n2[C@H]1c1cccc([N+](=O)[O-])c1. The Balaban J connectivity index is 1.59. The highest BCUT2D eigenvalue weighted by molar-refractivity contribution is 14.1. The summed E-state index contributed by atoms with van der Waals surface area (Å²) in [4.78, 5) is 43.1. The number of ether oxygens (including phenoxy) is 3. The summed E-state index contributed by atoms with van der Waals surface area (Å²) in [6, 6.07) is 13.8. The smallest absolute Gasteiger partial charge is 0.338 e. The summed E-state index contributed by atoms with van der Waals surface area (Å²) in [6.45, 7) is 5.90. The zero-order chi connectivity index (χ0) is 33.1. The predicted octanol–water partition coefficient (Wildman–Crippen LogP) is 6.60. The molecule has 46 heavy (non-hydrogen) atoms. The van der Waals surface area contributed by atoms with Gasteiger partial charge in [-0.05, 0) is 90.4 Å². The maximum absolute atomic E-state index is 14.0. The number of rotatable bonds is 10. The average molecular weight is 794 g/mol. The summed E-state index contributed by atoms with van der Waals surface area (Å²) in [6.07, 6.45) is 1.71. The molecule has 0 spiro atoms. The molecule has 1 aromatic heterocycles. The molecule has 1 aliphatic heterocycles. The Bertz CT molecular complexity index is 2080. The van der Waals surface area contributed by atoms with Crippen LogP contribution < -0.4 is 24.4 Å². The Morgan fingerprint density at radius 2 is 1.89 bits per heavy atom. The summed E-state index contributed by atoms with van der Waals surface area (Å²) >= 11 is 15.5. The van der Waals surface area contributed by atoms with Crippen molar-refractivity contribution in [1.82, 2.24) is 4.57 Å². The Hall–Kier alpha value is -3.72. The van der Waals surface area contributed by atoms with Crippen LogP contribution in [0.3, 0.4) is 0 Å². The van der Waals surface area contributed by atoms with Crippen LogP contribution in [0.2, 0.25) is 10.0 Å². The monoisotopic (exact) mass is 793 g/mol. The van der Waals surface area contributed by atoms with Crippen LogP contribution in [-0.2, 0) is 16.1 Å². The number of nitro groups is 1. The van der Waals surface area contributed by atoms with Gasteiger partial charge in [-0.2, -0.15) is 0 Å². The minimum Gasteiger partial charge on any atom is -0.490 e. The molecule has 0 radical (unpaired) electrons. The molecule has 4 aromatic rings. The van der Waals surface area contributed by atoms with Crippen LogP contribution in [0.4, 0.5) is 5.69 Å². The van der Waals surface area contributed by atoms with E-state index < -0.39 is 22.5 Å². The number of allylic oxidation sites excluding steroid dienone is 1. The molecular formula is C32H26Cl2IN3O7S. The van der Waals surface area contributed by atoms with Crippen molar-refractivity contribution in [3.63, 3.8) is 0 Å². The van der Waals surface area contributed by atoms with Gasteiger partial charge in [0.1, 0.15) is 6.61 Å². The number of non-ortho nitro benzene ring substituents is 1. The van der Waals surface area contributed by atoms with Crippen molar-refractivity contribution >= 4 is 74.9 Å². The molecule has 0 amide bonds. The van der Waals surface area contributed by atoms with Crippen molar-refractivity contribution in [2.75, 3.05) is 13.2 Å². The molecule has 1 atom stereocenters. The van der Waals surface area contributed by atoms with Crippen LogP contribution in [0.1, 0.15) is 43.5 Å². The van der Waals surface area contributed by atoms with E-state index in [1.54, 1.807) is 44.2 Å².